The topological polar surface area (TPSA) is 9.23 Å². The van der Waals surface area contributed by atoms with E-state index in [2.05, 4.69) is 29.8 Å². The minimum Gasteiger partial charge on any atom is -0.381 e. The van der Waals surface area contributed by atoms with Crippen LogP contribution in [0.15, 0.2) is 0 Å². The van der Waals surface area contributed by atoms with Gasteiger partial charge in [0.05, 0.1) is 6.10 Å². The molecule has 10 heavy (non-hydrogen) atoms. The van der Waals surface area contributed by atoms with Crippen LogP contribution in [0.1, 0.15) is 26.7 Å². The average molecular weight is 209 g/mol. The van der Waals surface area contributed by atoms with Crippen LogP contribution in [0.2, 0.25) is 0 Å². The molecule has 0 bridgehead atoms. The first-order valence-electron chi connectivity index (χ1n) is 3.83. The summed E-state index contributed by atoms with van der Waals surface area (Å²) in [6.45, 7) is 4.39. The van der Waals surface area contributed by atoms with Crippen LogP contribution >= 0.6 is 15.9 Å². The van der Waals surface area contributed by atoms with Gasteiger partial charge in [-0.25, -0.2) is 0 Å². The average Bonchev–Trinajstić information content (AvgIpc) is 1.99. The van der Waals surface area contributed by atoms with Crippen LogP contribution in [0.3, 0.4) is 0 Å². The number of hydrogen-bond acceptors (Lipinski definition) is 1. The molecule has 0 aromatic carbocycles. The normalized spacial score (nSPS) is 16.8. The van der Waals surface area contributed by atoms with Gasteiger partial charge < -0.3 is 4.74 Å². The molecule has 0 spiro atoms. The lowest BCUT2D eigenvalue weighted by molar-refractivity contribution is 0.0821. The lowest BCUT2D eigenvalue weighted by atomic mass is 10.0. The molecule has 0 aromatic heterocycles. The second kappa shape index (κ2) is 6.17. The van der Waals surface area contributed by atoms with E-state index >= 15 is 0 Å². The Bertz CT molecular complexity index is 71.7. The summed E-state index contributed by atoms with van der Waals surface area (Å²) in [5.41, 5.74) is 0. The summed E-state index contributed by atoms with van der Waals surface area (Å²) >= 11 is 3.45. The molecular weight excluding hydrogens is 192 g/mol. The van der Waals surface area contributed by atoms with Crippen LogP contribution in [0, 0.1) is 5.92 Å². The Kier molecular flexibility index (Phi) is 6.44. The number of alkyl halides is 1. The summed E-state index contributed by atoms with van der Waals surface area (Å²) in [5, 5.41) is 1.08. The van der Waals surface area contributed by atoms with Crippen molar-refractivity contribution in [1.29, 1.82) is 0 Å². The lowest BCUT2D eigenvalue weighted by Gasteiger charge is -2.15. The van der Waals surface area contributed by atoms with Crippen molar-refractivity contribution in [1.82, 2.24) is 0 Å². The Hall–Kier alpha value is 0.440. The highest BCUT2D eigenvalue weighted by Gasteiger charge is 2.08. The summed E-state index contributed by atoms with van der Waals surface area (Å²) in [6, 6.07) is 0. The number of halogens is 1. The van der Waals surface area contributed by atoms with Gasteiger partial charge in [-0.3, -0.25) is 0 Å². The number of methoxy groups -OCH3 is 1. The first-order chi connectivity index (χ1) is 4.74. The molecule has 0 radical (unpaired) electrons. The highest BCUT2D eigenvalue weighted by Crippen LogP contribution is 2.12. The maximum Gasteiger partial charge on any atom is 0.0571 e. The Labute approximate surface area is 72.3 Å². The zero-order chi connectivity index (χ0) is 7.98. The van der Waals surface area contributed by atoms with Crippen molar-refractivity contribution in [3.05, 3.63) is 0 Å². The minimum atomic E-state index is 0.451. The third-order valence-corrected chi connectivity index (χ3v) is 2.82. The molecule has 0 aromatic rings. The van der Waals surface area contributed by atoms with Gasteiger partial charge in [0.2, 0.25) is 0 Å². The molecule has 0 aliphatic heterocycles. The van der Waals surface area contributed by atoms with Crippen LogP contribution in [0.5, 0.6) is 0 Å². The molecule has 0 saturated heterocycles. The van der Waals surface area contributed by atoms with Crippen molar-refractivity contribution in [2.75, 3.05) is 12.4 Å². The van der Waals surface area contributed by atoms with Crippen molar-refractivity contribution in [2.45, 2.75) is 32.8 Å². The van der Waals surface area contributed by atoms with Crippen molar-refractivity contribution >= 4 is 15.9 Å². The third kappa shape index (κ3) is 4.29. The van der Waals surface area contributed by atoms with Crippen LogP contribution in [-0.2, 0) is 4.74 Å². The van der Waals surface area contributed by atoms with Gasteiger partial charge in [0, 0.05) is 12.4 Å². The fourth-order valence-electron chi connectivity index (χ4n) is 0.941. The van der Waals surface area contributed by atoms with Crippen molar-refractivity contribution in [2.24, 2.45) is 5.92 Å². The largest absolute Gasteiger partial charge is 0.381 e. The summed E-state index contributed by atoms with van der Waals surface area (Å²) in [4.78, 5) is 0. The van der Waals surface area contributed by atoms with E-state index in [0.29, 0.717) is 6.10 Å². The molecule has 0 rings (SSSR count). The maximum atomic E-state index is 5.25. The Balaban J connectivity index is 3.41. The molecule has 1 nitrogen and oxygen atoms in total. The van der Waals surface area contributed by atoms with Gasteiger partial charge in [-0.05, 0) is 18.8 Å². The first kappa shape index (κ1) is 10.4. The van der Waals surface area contributed by atoms with Gasteiger partial charge in [-0.15, -0.1) is 0 Å². The SMILES string of the molecule is CCC(CC(C)CBr)OC. The van der Waals surface area contributed by atoms with Crippen molar-refractivity contribution < 1.29 is 4.74 Å². The molecule has 0 saturated carbocycles. The van der Waals surface area contributed by atoms with Gasteiger partial charge in [-0.2, -0.15) is 0 Å². The summed E-state index contributed by atoms with van der Waals surface area (Å²) in [7, 11) is 1.79. The van der Waals surface area contributed by atoms with Gasteiger partial charge in [0.25, 0.3) is 0 Å². The third-order valence-electron chi connectivity index (χ3n) is 1.72. The van der Waals surface area contributed by atoms with E-state index in [-0.39, 0.29) is 0 Å². The fourth-order valence-corrected chi connectivity index (χ4v) is 1.21. The molecule has 2 heteroatoms. The van der Waals surface area contributed by atoms with Gasteiger partial charge in [0.1, 0.15) is 0 Å². The van der Waals surface area contributed by atoms with Gasteiger partial charge in [0.15, 0.2) is 0 Å². The summed E-state index contributed by atoms with van der Waals surface area (Å²) < 4.78 is 5.25. The number of rotatable bonds is 5. The van der Waals surface area contributed by atoms with Crippen LogP contribution < -0.4 is 0 Å². The predicted molar refractivity (Wildman–Crippen MR) is 48.7 cm³/mol. The van der Waals surface area contributed by atoms with E-state index in [1.54, 1.807) is 7.11 Å². The maximum absolute atomic E-state index is 5.25. The van der Waals surface area contributed by atoms with Crippen LogP contribution in [0.25, 0.3) is 0 Å². The van der Waals surface area contributed by atoms with E-state index < -0.39 is 0 Å². The fraction of sp³-hybridized carbons (Fsp3) is 1.00. The predicted octanol–water partition coefficient (Wildman–Crippen LogP) is 2.83. The van der Waals surface area contributed by atoms with Crippen molar-refractivity contribution in [3.63, 3.8) is 0 Å². The molecule has 2 unspecified atom stereocenters. The standard InChI is InChI=1S/C8H17BrO/c1-4-8(10-3)5-7(2)6-9/h7-8H,4-6H2,1-3H3. The molecule has 62 valence electrons. The minimum absolute atomic E-state index is 0.451. The monoisotopic (exact) mass is 208 g/mol. The molecule has 0 aliphatic rings. The molecule has 0 N–H and O–H groups in total. The van der Waals surface area contributed by atoms with Crippen LogP contribution in [0.4, 0.5) is 0 Å². The van der Waals surface area contributed by atoms with Gasteiger partial charge in [-0.1, -0.05) is 29.8 Å². The molecule has 0 amide bonds. The number of hydrogen-bond donors (Lipinski definition) is 0. The van der Waals surface area contributed by atoms with E-state index in [4.69, 9.17) is 4.74 Å². The van der Waals surface area contributed by atoms with E-state index in [1.165, 1.54) is 0 Å². The molecule has 0 fully saturated rings. The van der Waals surface area contributed by atoms with Crippen LogP contribution in [-0.4, -0.2) is 18.5 Å². The summed E-state index contributed by atoms with van der Waals surface area (Å²) in [6.07, 6.45) is 2.74. The lowest BCUT2D eigenvalue weighted by Crippen LogP contribution is -2.13. The molecule has 0 aliphatic carbocycles. The zero-order valence-corrected chi connectivity index (χ0v) is 8.65. The van der Waals surface area contributed by atoms with Gasteiger partial charge >= 0.3 is 0 Å². The summed E-state index contributed by atoms with van der Waals surface area (Å²) in [5.74, 6) is 0.727. The Morgan fingerprint density at radius 3 is 2.40 bits per heavy atom. The van der Waals surface area contributed by atoms with E-state index in [9.17, 15) is 0 Å². The molecular formula is C8H17BrO. The quantitative estimate of drug-likeness (QED) is 0.632. The van der Waals surface area contributed by atoms with E-state index in [0.717, 1.165) is 24.1 Å². The highest BCUT2D eigenvalue weighted by molar-refractivity contribution is 9.09. The Morgan fingerprint density at radius 2 is 2.10 bits per heavy atom. The zero-order valence-electron chi connectivity index (χ0n) is 7.06. The molecule has 0 heterocycles. The Morgan fingerprint density at radius 1 is 1.50 bits per heavy atom. The smallest absolute Gasteiger partial charge is 0.0571 e. The number of ether oxygens (including phenoxy) is 1. The second-order valence-electron chi connectivity index (χ2n) is 2.76. The molecule has 2 atom stereocenters. The van der Waals surface area contributed by atoms with Crippen molar-refractivity contribution in [3.8, 4) is 0 Å². The first-order valence-corrected chi connectivity index (χ1v) is 4.95. The highest BCUT2D eigenvalue weighted by atomic mass is 79.9. The van der Waals surface area contributed by atoms with E-state index in [1.807, 2.05) is 0 Å². The second-order valence-corrected chi connectivity index (χ2v) is 3.41.